The van der Waals surface area contributed by atoms with Gasteiger partial charge < -0.3 is 10.1 Å². The van der Waals surface area contributed by atoms with Crippen molar-refractivity contribution in [1.29, 1.82) is 5.26 Å². The molecule has 1 fully saturated rings. The Morgan fingerprint density at radius 1 is 1.38 bits per heavy atom. The first-order valence-electron chi connectivity index (χ1n) is 5.33. The fraction of sp³-hybridized carbons (Fsp3) is 0.417. The van der Waals surface area contributed by atoms with Gasteiger partial charge in [0, 0.05) is 23.7 Å². The Hall–Kier alpha value is -1.05. The molecular formula is C12H13BrN2O. The largest absolute Gasteiger partial charge is 0.381 e. The Labute approximate surface area is 104 Å². The van der Waals surface area contributed by atoms with E-state index in [1.165, 1.54) is 0 Å². The van der Waals surface area contributed by atoms with Crippen LogP contribution in [0, 0.1) is 11.3 Å². The molecule has 0 aliphatic carbocycles. The molecule has 0 saturated carbocycles. The Morgan fingerprint density at radius 3 is 2.81 bits per heavy atom. The van der Waals surface area contributed by atoms with Crippen LogP contribution >= 0.6 is 15.9 Å². The van der Waals surface area contributed by atoms with Crippen molar-refractivity contribution in [3.8, 4) is 6.07 Å². The molecule has 0 amide bonds. The van der Waals surface area contributed by atoms with Gasteiger partial charge in [0.1, 0.15) is 6.07 Å². The lowest BCUT2D eigenvalue weighted by Crippen LogP contribution is -2.28. The summed E-state index contributed by atoms with van der Waals surface area (Å²) in [7, 11) is 0. The van der Waals surface area contributed by atoms with Crippen LogP contribution in [0.5, 0.6) is 0 Å². The van der Waals surface area contributed by atoms with Crippen molar-refractivity contribution >= 4 is 21.6 Å². The maximum absolute atomic E-state index is 9.04. The fourth-order valence-corrected chi connectivity index (χ4v) is 2.16. The van der Waals surface area contributed by atoms with Crippen LogP contribution in [-0.4, -0.2) is 19.3 Å². The van der Waals surface area contributed by atoms with Crippen molar-refractivity contribution < 1.29 is 4.74 Å². The summed E-state index contributed by atoms with van der Waals surface area (Å²) < 4.78 is 6.23. The minimum Gasteiger partial charge on any atom is -0.381 e. The average Bonchev–Trinajstić information content (AvgIpc) is 2.33. The summed E-state index contributed by atoms with van der Waals surface area (Å²) in [5.74, 6) is 0. The molecule has 0 bridgehead atoms. The van der Waals surface area contributed by atoms with Gasteiger partial charge in [0.2, 0.25) is 0 Å². The number of hydrogen-bond acceptors (Lipinski definition) is 3. The molecular weight excluding hydrogens is 268 g/mol. The molecule has 1 N–H and O–H groups in total. The maximum Gasteiger partial charge on any atom is 0.101 e. The lowest BCUT2D eigenvalue weighted by molar-refractivity contribution is 0.0904. The highest BCUT2D eigenvalue weighted by Crippen LogP contribution is 2.22. The molecule has 0 spiro atoms. The van der Waals surface area contributed by atoms with Crippen molar-refractivity contribution in [2.24, 2.45) is 0 Å². The summed E-state index contributed by atoms with van der Waals surface area (Å²) in [5, 5.41) is 12.4. The summed E-state index contributed by atoms with van der Waals surface area (Å²) in [6.45, 7) is 1.60. The normalized spacial score (nSPS) is 16.8. The standard InChI is InChI=1S/C12H13BrN2O/c13-10-1-2-12(9(7-10)8-14)15-11-3-5-16-6-4-11/h1-2,7,11,15H,3-6H2. The van der Waals surface area contributed by atoms with Crippen molar-refractivity contribution in [3.05, 3.63) is 28.2 Å². The van der Waals surface area contributed by atoms with E-state index in [2.05, 4.69) is 27.3 Å². The third kappa shape index (κ3) is 2.75. The summed E-state index contributed by atoms with van der Waals surface area (Å²) in [6, 6.07) is 8.35. The van der Waals surface area contributed by atoms with Crippen LogP contribution in [0.4, 0.5) is 5.69 Å². The van der Waals surface area contributed by atoms with Crippen LogP contribution in [0.3, 0.4) is 0 Å². The van der Waals surface area contributed by atoms with Crippen LogP contribution < -0.4 is 5.32 Å². The summed E-state index contributed by atoms with van der Waals surface area (Å²) in [4.78, 5) is 0. The minimum atomic E-state index is 0.419. The number of rotatable bonds is 2. The van der Waals surface area contributed by atoms with Crippen molar-refractivity contribution in [3.63, 3.8) is 0 Å². The van der Waals surface area contributed by atoms with Gasteiger partial charge in [-0.3, -0.25) is 0 Å². The second kappa shape index (κ2) is 5.33. The third-order valence-corrected chi connectivity index (χ3v) is 3.18. The number of nitrogens with zero attached hydrogens (tertiary/aromatic N) is 1. The molecule has 1 saturated heterocycles. The molecule has 3 nitrogen and oxygen atoms in total. The Kier molecular flexibility index (Phi) is 3.81. The molecule has 0 radical (unpaired) electrons. The molecule has 2 rings (SSSR count). The molecule has 0 aromatic heterocycles. The second-order valence-corrected chi connectivity index (χ2v) is 4.75. The molecule has 1 heterocycles. The van der Waals surface area contributed by atoms with Gasteiger partial charge in [-0.1, -0.05) is 15.9 Å². The van der Waals surface area contributed by atoms with Crippen LogP contribution in [0.1, 0.15) is 18.4 Å². The fourth-order valence-electron chi connectivity index (χ4n) is 1.80. The third-order valence-electron chi connectivity index (χ3n) is 2.68. The highest BCUT2D eigenvalue weighted by atomic mass is 79.9. The molecule has 4 heteroatoms. The number of hydrogen-bond donors (Lipinski definition) is 1. The first-order valence-corrected chi connectivity index (χ1v) is 6.13. The molecule has 1 aromatic carbocycles. The Bertz CT molecular complexity index is 408. The lowest BCUT2D eigenvalue weighted by atomic mass is 10.1. The molecule has 16 heavy (non-hydrogen) atoms. The number of halogens is 1. The van der Waals surface area contributed by atoms with Gasteiger partial charge in [-0.25, -0.2) is 0 Å². The predicted octanol–water partition coefficient (Wildman–Crippen LogP) is 2.91. The van der Waals surface area contributed by atoms with E-state index in [4.69, 9.17) is 10.00 Å². The van der Waals surface area contributed by atoms with E-state index in [1.807, 2.05) is 18.2 Å². The zero-order valence-electron chi connectivity index (χ0n) is 8.87. The van der Waals surface area contributed by atoms with Gasteiger partial charge in [0.25, 0.3) is 0 Å². The van der Waals surface area contributed by atoms with E-state index < -0.39 is 0 Å². The molecule has 1 aliphatic heterocycles. The van der Waals surface area contributed by atoms with Crippen molar-refractivity contribution in [2.45, 2.75) is 18.9 Å². The lowest BCUT2D eigenvalue weighted by Gasteiger charge is -2.24. The maximum atomic E-state index is 9.04. The van der Waals surface area contributed by atoms with E-state index in [0.717, 1.165) is 36.2 Å². The van der Waals surface area contributed by atoms with Crippen LogP contribution in [0.2, 0.25) is 0 Å². The Balaban J connectivity index is 2.11. The Morgan fingerprint density at radius 2 is 2.12 bits per heavy atom. The summed E-state index contributed by atoms with van der Waals surface area (Å²) >= 11 is 3.36. The van der Waals surface area contributed by atoms with E-state index in [9.17, 15) is 0 Å². The highest BCUT2D eigenvalue weighted by Gasteiger charge is 2.14. The predicted molar refractivity (Wildman–Crippen MR) is 66.3 cm³/mol. The zero-order chi connectivity index (χ0) is 11.4. The molecule has 1 aliphatic rings. The number of benzene rings is 1. The average molecular weight is 281 g/mol. The van der Waals surface area contributed by atoms with Crippen LogP contribution in [-0.2, 0) is 4.74 Å². The summed E-state index contributed by atoms with van der Waals surface area (Å²) in [6.07, 6.45) is 2.00. The smallest absolute Gasteiger partial charge is 0.101 e. The van der Waals surface area contributed by atoms with Crippen molar-refractivity contribution in [2.75, 3.05) is 18.5 Å². The molecule has 0 atom stereocenters. The van der Waals surface area contributed by atoms with Gasteiger partial charge in [0.15, 0.2) is 0 Å². The SMILES string of the molecule is N#Cc1cc(Br)ccc1NC1CCOCC1. The number of nitrogens with one attached hydrogen (secondary N) is 1. The zero-order valence-corrected chi connectivity index (χ0v) is 10.5. The first-order chi connectivity index (χ1) is 7.79. The quantitative estimate of drug-likeness (QED) is 0.906. The van der Waals surface area contributed by atoms with Gasteiger partial charge in [-0.05, 0) is 31.0 Å². The number of ether oxygens (including phenoxy) is 1. The number of anilines is 1. The van der Waals surface area contributed by atoms with Crippen molar-refractivity contribution in [1.82, 2.24) is 0 Å². The van der Waals surface area contributed by atoms with E-state index in [0.29, 0.717) is 11.6 Å². The topological polar surface area (TPSA) is 45.0 Å². The molecule has 84 valence electrons. The van der Waals surface area contributed by atoms with Crippen LogP contribution in [0.15, 0.2) is 22.7 Å². The highest BCUT2D eigenvalue weighted by molar-refractivity contribution is 9.10. The minimum absolute atomic E-state index is 0.419. The molecule has 1 aromatic rings. The van der Waals surface area contributed by atoms with Crippen LogP contribution in [0.25, 0.3) is 0 Å². The van der Waals surface area contributed by atoms with E-state index in [-0.39, 0.29) is 0 Å². The van der Waals surface area contributed by atoms with E-state index >= 15 is 0 Å². The van der Waals surface area contributed by atoms with Gasteiger partial charge in [0.05, 0.1) is 11.3 Å². The van der Waals surface area contributed by atoms with Gasteiger partial charge in [-0.2, -0.15) is 5.26 Å². The monoisotopic (exact) mass is 280 g/mol. The second-order valence-electron chi connectivity index (χ2n) is 3.83. The van der Waals surface area contributed by atoms with E-state index in [1.54, 1.807) is 0 Å². The summed E-state index contributed by atoms with van der Waals surface area (Å²) in [5.41, 5.74) is 1.60. The van der Waals surface area contributed by atoms with Gasteiger partial charge >= 0.3 is 0 Å². The van der Waals surface area contributed by atoms with Gasteiger partial charge in [-0.15, -0.1) is 0 Å². The molecule has 0 unspecified atom stereocenters. The number of nitriles is 1. The first kappa shape index (κ1) is 11.4.